The van der Waals surface area contributed by atoms with E-state index in [0.717, 1.165) is 64.2 Å². The lowest BCUT2D eigenvalue weighted by Gasteiger charge is -2.17. The lowest BCUT2D eigenvalue weighted by Crippen LogP contribution is -2.15. The molecule has 1 saturated carbocycles. The summed E-state index contributed by atoms with van der Waals surface area (Å²) in [4.78, 5) is 11.6. The molecule has 0 aromatic carbocycles. The van der Waals surface area contributed by atoms with Crippen molar-refractivity contribution >= 4 is 5.97 Å². The van der Waals surface area contributed by atoms with Crippen molar-refractivity contribution in [2.75, 3.05) is 6.61 Å². The molecule has 0 aliphatic heterocycles. The summed E-state index contributed by atoms with van der Waals surface area (Å²) >= 11 is 0. The van der Waals surface area contributed by atoms with Gasteiger partial charge in [-0.1, -0.05) is 64.0 Å². The Morgan fingerprint density at radius 2 is 1.93 bits per heavy atom. The zero-order valence-electron chi connectivity index (χ0n) is 17.8. The Morgan fingerprint density at radius 1 is 1.19 bits per heavy atom. The highest BCUT2D eigenvalue weighted by Gasteiger charge is 2.29. The Morgan fingerprint density at radius 3 is 2.63 bits per heavy atom. The van der Waals surface area contributed by atoms with Gasteiger partial charge in [-0.3, -0.25) is 4.79 Å². The number of carbonyl (C=O) groups excluding carboxylic acids is 1. The highest BCUT2D eigenvalue weighted by molar-refractivity contribution is 5.71. The molecule has 27 heavy (non-hydrogen) atoms. The average Bonchev–Trinajstić information content (AvgIpc) is 3.00. The molecule has 0 amide bonds. The first-order valence-electron chi connectivity index (χ1n) is 11.2. The second-order valence-corrected chi connectivity index (χ2v) is 8.17. The van der Waals surface area contributed by atoms with Crippen LogP contribution in [0.3, 0.4) is 0 Å². The van der Waals surface area contributed by atoms with Crippen molar-refractivity contribution in [2.45, 2.75) is 110 Å². The van der Waals surface area contributed by atoms with E-state index in [1.807, 2.05) is 13.8 Å². The van der Waals surface area contributed by atoms with E-state index in [2.05, 4.69) is 13.0 Å². The smallest absolute Gasteiger partial charge is 0.308 e. The number of esters is 1. The fourth-order valence-corrected chi connectivity index (χ4v) is 4.01. The summed E-state index contributed by atoms with van der Waals surface area (Å²) in [7, 11) is 0. The van der Waals surface area contributed by atoms with Crippen LogP contribution in [0.25, 0.3) is 0 Å². The predicted molar refractivity (Wildman–Crippen MR) is 110 cm³/mol. The van der Waals surface area contributed by atoms with Crippen LogP contribution in [0.1, 0.15) is 97.8 Å². The van der Waals surface area contributed by atoms with Crippen LogP contribution < -0.4 is 0 Å². The first-order chi connectivity index (χ1) is 13.0. The highest BCUT2D eigenvalue weighted by Crippen LogP contribution is 2.36. The molecule has 158 valence electrons. The molecule has 0 aromatic rings. The Bertz CT molecular complexity index is 432. The summed E-state index contributed by atoms with van der Waals surface area (Å²) in [5, 5.41) is 20.4. The van der Waals surface area contributed by atoms with Gasteiger partial charge in [0.15, 0.2) is 0 Å². The standard InChI is InChI=1S/C23H42O4/c1-4-6-8-12-20(24)16-14-19-15-17-22(25)21(19)13-10-7-9-11-18(3)23(26)27-5-2/h14,18,20-22,24-25H,4-13,15-17H2,1-3H3/t18?,20?,21-,22-/m1/s1. The highest BCUT2D eigenvalue weighted by atomic mass is 16.5. The molecule has 0 heterocycles. The summed E-state index contributed by atoms with van der Waals surface area (Å²) in [6, 6.07) is 0. The molecule has 1 rings (SSSR count). The van der Waals surface area contributed by atoms with Gasteiger partial charge in [-0.2, -0.15) is 0 Å². The maximum absolute atomic E-state index is 11.6. The lowest BCUT2D eigenvalue weighted by atomic mass is 9.92. The van der Waals surface area contributed by atoms with Crippen LogP contribution in [0.5, 0.6) is 0 Å². The fourth-order valence-electron chi connectivity index (χ4n) is 4.01. The number of aliphatic hydroxyl groups excluding tert-OH is 2. The molecule has 1 aliphatic carbocycles. The van der Waals surface area contributed by atoms with E-state index in [0.29, 0.717) is 6.61 Å². The number of aliphatic hydroxyl groups is 2. The first-order valence-corrected chi connectivity index (χ1v) is 11.2. The van der Waals surface area contributed by atoms with E-state index in [1.165, 1.54) is 18.4 Å². The Hall–Kier alpha value is -0.870. The summed E-state index contributed by atoms with van der Waals surface area (Å²) < 4.78 is 5.05. The third-order valence-corrected chi connectivity index (χ3v) is 5.80. The minimum absolute atomic E-state index is 0.0216. The number of rotatable bonds is 14. The van der Waals surface area contributed by atoms with Crippen molar-refractivity contribution < 1.29 is 19.7 Å². The van der Waals surface area contributed by atoms with E-state index >= 15 is 0 Å². The van der Waals surface area contributed by atoms with Gasteiger partial charge < -0.3 is 14.9 Å². The molecule has 0 saturated heterocycles. The van der Waals surface area contributed by atoms with Gasteiger partial charge in [0.1, 0.15) is 0 Å². The van der Waals surface area contributed by atoms with Crippen molar-refractivity contribution in [3.8, 4) is 0 Å². The summed E-state index contributed by atoms with van der Waals surface area (Å²) in [6.07, 6.45) is 13.7. The summed E-state index contributed by atoms with van der Waals surface area (Å²) in [5.74, 6) is 0.147. The Labute approximate surface area is 166 Å². The Balaban J connectivity index is 2.28. The number of unbranched alkanes of at least 4 members (excludes halogenated alkanes) is 4. The molecule has 0 radical (unpaired) electrons. The van der Waals surface area contributed by atoms with Crippen LogP contribution in [0.2, 0.25) is 0 Å². The fraction of sp³-hybridized carbons (Fsp3) is 0.870. The normalized spacial score (nSPS) is 23.5. The van der Waals surface area contributed by atoms with Gasteiger partial charge in [-0.25, -0.2) is 0 Å². The maximum atomic E-state index is 11.6. The molecule has 4 nitrogen and oxygen atoms in total. The zero-order valence-corrected chi connectivity index (χ0v) is 17.8. The second kappa shape index (κ2) is 14.2. The van der Waals surface area contributed by atoms with Crippen LogP contribution in [0.15, 0.2) is 11.6 Å². The molecule has 0 spiro atoms. The van der Waals surface area contributed by atoms with Crippen molar-refractivity contribution in [1.29, 1.82) is 0 Å². The molecule has 2 unspecified atom stereocenters. The number of carbonyl (C=O) groups is 1. The third kappa shape index (κ3) is 9.75. The number of hydrogen-bond donors (Lipinski definition) is 2. The van der Waals surface area contributed by atoms with Crippen LogP contribution in [0.4, 0.5) is 0 Å². The quantitative estimate of drug-likeness (QED) is 0.247. The van der Waals surface area contributed by atoms with Crippen molar-refractivity contribution in [3.05, 3.63) is 11.6 Å². The average molecular weight is 383 g/mol. The minimum atomic E-state index is -0.244. The molecule has 0 aromatic heterocycles. The molecule has 1 fully saturated rings. The van der Waals surface area contributed by atoms with Crippen molar-refractivity contribution in [3.63, 3.8) is 0 Å². The Kier molecular flexibility index (Phi) is 12.7. The van der Waals surface area contributed by atoms with Gasteiger partial charge in [0.05, 0.1) is 24.7 Å². The summed E-state index contributed by atoms with van der Waals surface area (Å²) in [5.41, 5.74) is 1.34. The molecular weight excluding hydrogens is 340 g/mol. The topological polar surface area (TPSA) is 66.8 Å². The van der Waals surface area contributed by atoms with Gasteiger partial charge in [0.25, 0.3) is 0 Å². The van der Waals surface area contributed by atoms with Crippen LogP contribution in [0, 0.1) is 11.8 Å². The maximum Gasteiger partial charge on any atom is 0.308 e. The first kappa shape index (κ1) is 24.2. The van der Waals surface area contributed by atoms with Crippen LogP contribution >= 0.6 is 0 Å². The monoisotopic (exact) mass is 382 g/mol. The van der Waals surface area contributed by atoms with Crippen LogP contribution in [-0.2, 0) is 9.53 Å². The van der Waals surface area contributed by atoms with E-state index in [4.69, 9.17) is 4.74 Å². The van der Waals surface area contributed by atoms with E-state index < -0.39 is 0 Å². The van der Waals surface area contributed by atoms with Gasteiger partial charge in [-0.15, -0.1) is 0 Å². The molecule has 0 bridgehead atoms. The van der Waals surface area contributed by atoms with E-state index in [-0.39, 0.29) is 30.0 Å². The summed E-state index contributed by atoms with van der Waals surface area (Å²) in [6.45, 7) is 6.40. The van der Waals surface area contributed by atoms with Gasteiger partial charge in [0, 0.05) is 5.92 Å². The number of hydrogen-bond acceptors (Lipinski definition) is 4. The lowest BCUT2D eigenvalue weighted by molar-refractivity contribution is -0.147. The molecule has 1 aliphatic rings. The molecular formula is C23H42O4. The zero-order chi connectivity index (χ0) is 20.1. The predicted octanol–water partition coefficient (Wildman–Crippen LogP) is 5.16. The minimum Gasteiger partial charge on any atom is -0.466 e. The second-order valence-electron chi connectivity index (χ2n) is 8.17. The molecule has 4 heteroatoms. The van der Waals surface area contributed by atoms with Crippen molar-refractivity contribution in [2.24, 2.45) is 11.8 Å². The molecule has 2 N–H and O–H groups in total. The van der Waals surface area contributed by atoms with E-state index in [1.54, 1.807) is 0 Å². The number of ether oxygens (including phenoxy) is 1. The van der Waals surface area contributed by atoms with E-state index in [9.17, 15) is 15.0 Å². The van der Waals surface area contributed by atoms with Crippen molar-refractivity contribution in [1.82, 2.24) is 0 Å². The SMILES string of the molecule is CCCCCC(O)CC=C1CC[C@@H](O)[C@@H]1CCCCCC(C)C(=O)OCC. The van der Waals surface area contributed by atoms with Gasteiger partial charge in [0.2, 0.25) is 0 Å². The van der Waals surface area contributed by atoms with Gasteiger partial charge in [-0.05, 0) is 45.4 Å². The van der Waals surface area contributed by atoms with Crippen LogP contribution in [-0.4, -0.2) is 35.0 Å². The largest absolute Gasteiger partial charge is 0.466 e. The molecule has 4 atom stereocenters. The third-order valence-electron chi connectivity index (χ3n) is 5.80. The van der Waals surface area contributed by atoms with Gasteiger partial charge >= 0.3 is 5.97 Å².